The first-order chi connectivity index (χ1) is 23.4. The van der Waals surface area contributed by atoms with Crippen LogP contribution in [0.5, 0.6) is 0 Å². The van der Waals surface area contributed by atoms with Gasteiger partial charge >= 0.3 is 6.09 Å². The molecular formula is C37H55BrClN5O6. The summed E-state index contributed by atoms with van der Waals surface area (Å²) in [5.41, 5.74) is 0.0357. The van der Waals surface area contributed by atoms with Crippen LogP contribution < -0.4 is 10.6 Å². The molecule has 1 heterocycles. The molecule has 2 N–H and O–H groups in total. The van der Waals surface area contributed by atoms with E-state index in [1.807, 2.05) is 32.1 Å². The number of nitrogens with zero attached hydrogens (tertiary/aromatic N) is 3. The normalized spacial score (nSPS) is 22.3. The van der Waals surface area contributed by atoms with Gasteiger partial charge in [0.15, 0.2) is 0 Å². The van der Waals surface area contributed by atoms with Crippen LogP contribution in [-0.4, -0.2) is 102 Å². The molecule has 0 aromatic heterocycles. The van der Waals surface area contributed by atoms with Crippen LogP contribution in [0, 0.1) is 11.8 Å². The molecule has 0 saturated heterocycles. The summed E-state index contributed by atoms with van der Waals surface area (Å²) in [6.45, 7) is 9.68. The Morgan fingerprint density at radius 1 is 1.10 bits per heavy atom. The number of alkyl carbamates (subject to hydrolysis) is 1. The summed E-state index contributed by atoms with van der Waals surface area (Å²) in [5, 5.41) is 6.21. The van der Waals surface area contributed by atoms with Gasteiger partial charge in [-0.2, -0.15) is 0 Å². The molecule has 1 fully saturated rings. The molecule has 0 unspecified atom stereocenters. The number of amides is 5. The molecule has 1 aromatic carbocycles. The van der Waals surface area contributed by atoms with E-state index < -0.39 is 53.6 Å². The molecule has 13 heteroatoms. The molecule has 278 valence electrons. The van der Waals surface area contributed by atoms with Crippen molar-refractivity contribution in [1.29, 1.82) is 0 Å². The third kappa shape index (κ3) is 12.3. The van der Waals surface area contributed by atoms with Gasteiger partial charge in [0.2, 0.25) is 23.6 Å². The maximum atomic E-state index is 14.3. The fourth-order valence-corrected chi connectivity index (χ4v) is 6.64. The van der Waals surface area contributed by atoms with Crippen LogP contribution in [0.2, 0.25) is 5.02 Å². The van der Waals surface area contributed by atoms with E-state index in [2.05, 4.69) is 26.6 Å². The zero-order valence-electron chi connectivity index (χ0n) is 30.8. The van der Waals surface area contributed by atoms with Gasteiger partial charge in [-0.05, 0) is 101 Å². The van der Waals surface area contributed by atoms with Crippen molar-refractivity contribution in [3.05, 3.63) is 45.4 Å². The number of hydrogen-bond donors (Lipinski definition) is 2. The first-order valence-corrected chi connectivity index (χ1v) is 18.7. The molecular weight excluding hydrogens is 726 g/mol. The summed E-state index contributed by atoms with van der Waals surface area (Å²) >= 11 is 9.88. The van der Waals surface area contributed by atoms with Gasteiger partial charge in [-0.1, -0.05) is 53.5 Å². The second kappa shape index (κ2) is 18.4. The molecule has 0 spiro atoms. The van der Waals surface area contributed by atoms with E-state index in [0.29, 0.717) is 18.0 Å². The Labute approximate surface area is 311 Å². The Balaban J connectivity index is 1.96. The predicted octanol–water partition coefficient (Wildman–Crippen LogP) is 5.72. The van der Waals surface area contributed by atoms with E-state index in [0.717, 1.165) is 42.1 Å². The highest BCUT2D eigenvalue weighted by Gasteiger charge is 2.42. The number of carbonyl (C=O) groups is 5. The molecule has 11 nitrogen and oxygen atoms in total. The molecule has 0 radical (unpaired) electrons. The van der Waals surface area contributed by atoms with Gasteiger partial charge in [0.1, 0.15) is 29.8 Å². The average molecular weight is 781 g/mol. The van der Waals surface area contributed by atoms with Crippen LogP contribution in [0.3, 0.4) is 0 Å². The topological polar surface area (TPSA) is 128 Å². The first-order valence-electron chi connectivity index (χ1n) is 17.6. The van der Waals surface area contributed by atoms with Gasteiger partial charge < -0.3 is 30.1 Å². The van der Waals surface area contributed by atoms with Crippen LogP contribution in [-0.2, 0) is 30.3 Å². The SMILES string of the molecule is CC(C)C[C@@H]1NC(=O)[C@@H](N(C)C(=O)[C@@H](NC(=O)OC(C)(C)C)C2CC2)CC=CCCCCN(C)C(=O)[C@H](Cc2cc(Cl)ccc2Br)N(C)C1=O. The lowest BCUT2D eigenvalue weighted by Crippen LogP contribution is -2.59. The number of rotatable bonds is 8. The quantitative estimate of drug-likeness (QED) is 0.325. The van der Waals surface area contributed by atoms with Crippen LogP contribution in [0.4, 0.5) is 4.79 Å². The third-order valence-corrected chi connectivity index (χ3v) is 10.0. The van der Waals surface area contributed by atoms with Gasteiger partial charge in [0, 0.05) is 43.6 Å². The second-order valence-electron chi connectivity index (χ2n) is 15.0. The van der Waals surface area contributed by atoms with Crippen LogP contribution in [0.1, 0.15) is 85.1 Å². The molecule has 4 atom stereocenters. The fraction of sp³-hybridized carbons (Fsp3) is 0.649. The number of benzene rings is 1. The zero-order chi connectivity index (χ0) is 37.3. The summed E-state index contributed by atoms with van der Waals surface area (Å²) in [7, 11) is 4.90. The lowest BCUT2D eigenvalue weighted by molar-refractivity contribution is -0.147. The number of likely N-dealkylation sites (N-methyl/N-ethyl adjacent to an activating group) is 3. The number of hydrogen-bond acceptors (Lipinski definition) is 6. The van der Waals surface area contributed by atoms with Crippen molar-refractivity contribution in [2.75, 3.05) is 27.7 Å². The van der Waals surface area contributed by atoms with E-state index in [1.165, 1.54) is 9.80 Å². The minimum atomic E-state index is -0.960. The Bertz CT molecular complexity index is 1410. The second-order valence-corrected chi connectivity index (χ2v) is 16.3. The van der Waals surface area contributed by atoms with Crippen molar-refractivity contribution in [2.24, 2.45) is 11.8 Å². The fourth-order valence-electron chi connectivity index (χ4n) is 6.04. The summed E-state index contributed by atoms with van der Waals surface area (Å²) in [6, 6.07) is 1.72. The largest absolute Gasteiger partial charge is 0.444 e. The van der Waals surface area contributed by atoms with Crippen LogP contribution >= 0.6 is 27.5 Å². The molecule has 1 aliphatic carbocycles. The van der Waals surface area contributed by atoms with Crippen molar-refractivity contribution >= 4 is 57.3 Å². The highest BCUT2D eigenvalue weighted by molar-refractivity contribution is 9.10. The molecule has 1 aromatic rings. The average Bonchev–Trinajstić information content (AvgIpc) is 3.87. The van der Waals surface area contributed by atoms with Crippen molar-refractivity contribution in [1.82, 2.24) is 25.3 Å². The first kappa shape index (κ1) is 41.3. The Kier molecular flexibility index (Phi) is 15.2. The monoisotopic (exact) mass is 779 g/mol. The maximum Gasteiger partial charge on any atom is 0.408 e. The minimum Gasteiger partial charge on any atom is -0.444 e. The molecule has 1 aliphatic heterocycles. The molecule has 2 aliphatic rings. The zero-order valence-corrected chi connectivity index (χ0v) is 33.1. The molecule has 1 saturated carbocycles. The third-order valence-electron chi connectivity index (χ3n) is 9.01. The standard InChI is InChI=1S/C37H55BrClN5O6/c1-23(2)20-28-33(46)44(8)30(22-25-21-26(39)17-18-27(25)38)34(47)42(6)19-13-11-9-10-12-14-29(32(45)40-28)43(7)35(48)31(24-15-16-24)41-36(49)50-37(3,4)5/h10,12,17-18,21,23-24,28-31H,9,11,13-16,19-20,22H2,1-8H3,(H,40,45)(H,41,49)/t28-,29-,30-,31-/m0/s1. The molecule has 0 bridgehead atoms. The van der Waals surface area contributed by atoms with E-state index in [4.69, 9.17) is 16.3 Å². The van der Waals surface area contributed by atoms with E-state index in [-0.39, 0.29) is 30.6 Å². The number of ether oxygens (including phenoxy) is 1. The van der Waals surface area contributed by atoms with E-state index in [1.54, 1.807) is 58.9 Å². The summed E-state index contributed by atoms with van der Waals surface area (Å²) in [6.07, 6.45) is 7.75. The van der Waals surface area contributed by atoms with Crippen LogP contribution in [0.15, 0.2) is 34.8 Å². The smallest absolute Gasteiger partial charge is 0.408 e. The molecule has 50 heavy (non-hydrogen) atoms. The maximum absolute atomic E-state index is 14.3. The number of halogens is 2. The summed E-state index contributed by atoms with van der Waals surface area (Å²) in [4.78, 5) is 73.6. The molecule has 3 rings (SSSR count). The van der Waals surface area contributed by atoms with Gasteiger partial charge in [0.25, 0.3) is 0 Å². The lowest BCUT2D eigenvalue weighted by atomic mass is 9.98. The van der Waals surface area contributed by atoms with Gasteiger partial charge in [0.05, 0.1) is 0 Å². The highest BCUT2D eigenvalue weighted by Crippen LogP contribution is 2.34. The van der Waals surface area contributed by atoms with Crippen molar-refractivity contribution in [3.8, 4) is 0 Å². The van der Waals surface area contributed by atoms with Gasteiger partial charge in [-0.15, -0.1) is 0 Å². The van der Waals surface area contributed by atoms with Crippen LogP contribution in [0.25, 0.3) is 0 Å². The summed E-state index contributed by atoms with van der Waals surface area (Å²) < 4.78 is 6.20. The van der Waals surface area contributed by atoms with E-state index in [9.17, 15) is 24.0 Å². The Morgan fingerprint density at radius 2 is 1.78 bits per heavy atom. The van der Waals surface area contributed by atoms with Gasteiger partial charge in [-0.25, -0.2) is 4.79 Å². The number of carbonyl (C=O) groups excluding carboxylic acids is 5. The van der Waals surface area contributed by atoms with Crippen molar-refractivity contribution < 1.29 is 28.7 Å². The number of allylic oxidation sites excluding steroid dienone is 1. The predicted molar refractivity (Wildman–Crippen MR) is 198 cm³/mol. The van der Waals surface area contributed by atoms with Gasteiger partial charge in [-0.3, -0.25) is 19.2 Å². The molecule has 5 amide bonds. The Morgan fingerprint density at radius 3 is 2.40 bits per heavy atom. The highest BCUT2D eigenvalue weighted by atomic mass is 79.9. The minimum absolute atomic E-state index is 0.0251. The Hall–Kier alpha value is -3.12. The van der Waals surface area contributed by atoms with Crippen molar-refractivity contribution in [3.63, 3.8) is 0 Å². The number of nitrogens with one attached hydrogen (secondary N) is 2. The van der Waals surface area contributed by atoms with Crippen molar-refractivity contribution in [2.45, 2.75) is 116 Å². The van der Waals surface area contributed by atoms with E-state index >= 15 is 0 Å². The summed E-state index contributed by atoms with van der Waals surface area (Å²) in [5.74, 6) is -1.54. The lowest BCUT2D eigenvalue weighted by Gasteiger charge is -2.35.